The molecule has 0 atom stereocenters. The molecule has 0 aliphatic carbocycles. The van der Waals surface area contributed by atoms with E-state index in [2.05, 4.69) is 32.3 Å². The third kappa shape index (κ3) is 2.45. The number of rotatable bonds is 3. The SMILES string of the molecule is O=[N+]([O-])c1ccc(N2CCc3sccc3C2)cc1CBr. The average molecular weight is 353 g/mol. The summed E-state index contributed by atoms with van der Waals surface area (Å²) in [5.41, 5.74) is 3.34. The molecule has 2 aromatic rings. The number of hydrogen-bond acceptors (Lipinski definition) is 4. The zero-order valence-corrected chi connectivity index (χ0v) is 13.1. The summed E-state index contributed by atoms with van der Waals surface area (Å²) in [6, 6.07) is 7.55. The minimum absolute atomic E-state index is 0.179. The second-order valence-corrected chi connectivity index (χ2v) is 6.31. The predicted molar refractivity (Wildman–Crippen MR) is 84.8 cm³/mol. The molecule has 104 valence electrons. The van der Waals surface area contributed by atoms with Crippen molar-refractivity contribution in [2.24, 2.45) is 0 Å². The first kappa shape index (κ1) is 13.6. The van der Waals surface area contributed by atoms with Crippen molar-refractivity contribution < 1.29 is 4.92 Å². The summed E-state index contributed by atoms with van der Waals surface area (Å²) in [5, 5.41) is 13.6. The molecule has 1 aromatic carbocycles. The Bertz CT molecular complexity index is 656. The van der Waals surface area contributed by atoms with Gasteiger partial charge in [-0.15, -0.1) is 11.3 Å². The Balaban J connectivity index is 1.90. The van der Waals surface area contributed by atoms with Gasteiger partial charge >= 0.3 is 0 Å². The van der Waals surface area contributed by atoms with Crippen molar-refractivity contribution >= 4 is 38.6 Å². The maximum Gasteiger partial charge on any atom is 0.273 e. The normalized spacial score (nSPS) is 14.2. The van der Waals surface area contributed by atoms with Crippen LogP contribution >= 0.6 is 27.3 Å². The summed E-state index contributed by atoms with van der Waals surface area (Å²) in [4.78, 5) is 14.4. The number of benzene rings is 1. The smallest absolute Gasteiger partial charge is 0.273 e. The standard InChI is InChI=1S/C14H13BrN2O2S/c15-8-11-7-12(1-2-13(11)17(18)19)16-5-3-14-10(9-16)4-6-20-14/h1-2,4,6-7H,3,5,8-9H2. The lowest BCUT2D eigenvalue weighted by molar-refractivity contribution is -0.385. The minimum Gasteiger partial charge on any atom is -0.367 e. The maximum absolute atomic E-state index is 11.0. The number of hydrogen-bond donors (Lipinski definition) is 0. The highest BCUT2D eigenvalue weighted by molar-refractivity contribution is 9.08. The van der Waals surface area contributed by atoms with Crippen LogP contribution in [-0.2, 0) is 18.3 Å². The van der Waals surface area contributed by atoms with E-state index in [4.69, 9.17) is 0 Å². The molecule has 0 saturated carbocycles. The molecule has 0 radical (unpaired) electrons. The zero-order chi connectivity index (χ0) is 14.1. The molecular formula is C14H13BrN2O2S. The lowest BCUT2D eigenvalue weighted by atomic mass is 10.1. The van der Waals surface area contributed by atoms with Gasteiger partial charge in [0.1, 0.15) is 0 Å². The van der Waals surface area contributed by atoms with Crippen LogP contribution < -0.4 is 4.90 Å². The number of halogens is 1. The molecular weight excluding hydrogens is 340 g/mol. The van der Waals surface area contributed by atoms with Gasteiger partial charge in [-0.2, -0.15) is 0 Å². The molecule has 6 heteroatoms. The van der Waals surface area contributed by atoms with Crippen LogP contribution in [0, 0.1) is 10.1 Å². The van der Waals surface area contributed by atoms with Gasteiger partial charge in [-0.3, -0.25) is 10.1 Å². The zero-order valence-electron chi connectivity index (χ0n) is 10.7. The highest BCUT2D eigenvalue weighted by atomic mass is 79.9. The molecule has 0 spiro atoms. The number of alkyl halides is 1. The Morgan fingerprint density at radius 2 is 2.25 bits per heavy atom. The molecule has 1 aliphatic heterocycles. The van der Waals surface area contributed by atoms with Crippen LogP contribution in [0.25, 0.3) is 0 Å². The van der Waals surface area contributed by atoms with Crippen molar-refractivity contribution in [3.8, 4) is 0 Å². The Hall–Kier alpha value is -1.40. The van der Waals surface area contributed by atoms with Crippen molar-refractivity contribution in [3.63, 3.8) is 0 Å². The topological polar surface area (TPSA) is 46.4 Å². The van der Waals surface area contributed by atoms with Gasteiger partial charge in [0.2, 0.25) is 0 Å². The van der Waals surface area contributed by atoms with Crippen molar-refractivity contribution in [1.29, 1.82) is 0 Å². The van der Waals surface area contributed by atoms with Crippen LogP contribution in [-0.4, -0.2) is 11.5 Å². The van der Waals surface area contributed by atoms with E-state index in [1.54, 1.807) is 6.07 Å². The van der Waals surface area contributed by atoms with E-state index in [1.165, 1.54) is 10.4 Å². The minimum atomic E-state index is -0.326. The van der Waals surface area contributed by atoms with E-state index >= 15 is 0 Å². The number of thiophene rings is 1. The molecule has 0 fully saturated rings. The summed E-state index contributed by atoms with van der Waals surface area (Å²) in [6.07, 6.45) is 1.05. The Kier molecular flexibility index (Phi) is 3.76. The molecule has 0 N–H and O–H groups in total. The van der Waals surface area contributed by atoms with Crippen LogP contribution in [0.5, 0.6) is 0 Å². The first-order valence-corrected chi connectivity index (χ1v) is 8.32. The third-order valence-corrected chi connectivity index (χ3v) is 5.20. The van der Waals surface area contributed by atoms with Crippen molar-refractivity contribution in [2.45, 2.75) is 18.3 Å². The largest absolute Gasteiger partial charge is 0.367 e. The summed E-state index contributed by atoms with van der Waals surface area (Å²) in [7, 11) is 0. The second kappa shape index (κ2) is 5.54. The predicted octanol–water partition coefficient (Wildman–Crippen LogP) is 4.11. The highest BCUT2D eigenvalue weighted by Gasteiger charge is 2.20. The highest BCUT2D eigenvalue weighted by Crippen LogP contribution is 2.31. The lowest BCUT2D eigenvalue weighted by Crippen LogP contribution is -2.29. The fraction of sp³-hybridized carbons (Fsp3) is 0.286. The number of anilines is 1. The Labute approximate surface area is 129 Å². The van der Waals surface area contributed by atoms with Gasteiger partial charge in [-0.25, -0.2) is 0 Å². The first-order valence-electron chi connectivity index (χ1n) is 6.32. The van der Waals surface area contributed by atoms with Gasteiger partial charge in [-0.05, 0) is 35.6 Å². The quantitative estimate of drug-likeness (QED) is 0.474. The number of fused-ring (bicyclic) bond motifs is 1. The van der Waals surface area contributed by atoms with Crippen LogP contribution in [0.15, 0.2) is 29.6 Å². The number of nitro benzene ring substituents is 1. The molecule has 1 aromatic heterocycles. The molecule has 1 aliphatic rings. The van der Waals surface area contributed by atoms with E-state index in [9.17, 15) is 10.1 Å². The van der Waals surface area contributed by atoms with E-state index in [0.717, 1.165) is 30.8 Å². The van der Waals surface area contributed by atoms with E-state index in [1.807, 2.05) is 23.5 Å². The molecule has 20 heavy (non-hydrogen) atoms. The van der Waals surface area contributed by atoms with Crippen molar-refractivity contribution in [3.05, 3.63) is 55.8 Å². The van der Waals surface area contributed by atoms with Crippen molar-refractivity contribution in [1.82, 2.24) is 0 Å². The van der Waals surface area contributed by atoms with Crippen LogP contribution in [0.4, 0.5) is 11.4 Å². The van der Waals surface area contributed by atoms with E-state index in [0.29, 0.717) is 5.33 Å². The van der Waals surface area contributed by atoms with Gasteiger partial charge < -0.3 is 4.90 Å². The summed E-state index contributed by atoms with van der Waals surface area (Å²) in [5.74, 6) is 0. The van der Waals surface area contributed by atoms with Gasteiger partial charge in [0.05, 0.1) is 4.92 Å². The molecule has 0 unspecified atom stereocenters. The number of nitrogens with zero attached hydrogens (tertiary/aromatic N) is 2. The van der Waals surface area contributed by atoms with Crippen LogP contribution in [0.1, 0.15) is 16.0 Å². The van der Waals surface area contributed by atoms with E-state index < -0.39 is 0 Å². The molecule has 0 saturated heterocycles. The van der Waals surface area contributed by atoms with Crippen LogP contribution in [0.2, 0.25) is 0 Å². The molecule has 3 rings (SSSR count). The first-order chi connectivity index (χ1) is 9.69. The van der Waals surface area contributed by atoms with Crippen LogP contribution in [0.3, 0.4) is 0 Å². The Morgan fingerprint density at radius 3 is 3.00 bits per heavy atom. The van der Waals surface area contributed by atoms with Gasteiger partial charge in [0.25, 0.3) is 5.69 Å². The van der Waals surface area contributed by atoms with Gasteiger partial charge in [0.15, 0.2) is 0 Å². The second-order valence-electron chi connectivity index (χ2n) is 4.74. The lowest BCUT2D eigenvalue weighted by Gasteiger charge is -2.29. The summed E-state index contributed by atoms with van der Waals surface area (Å²) < 4.78 is 0. The molecule has 4 nitrogen and oxygen atoms in total. The molecule has 0 bridgehead atoms. The maximum atomic E-state index is 11.0. The molecule has 0 amide bonds. The van der Waals surface area contributed by atoms with Gasteiger partial charge in [0, 0.05) is 40.6 Å². The summed E-state index contributed by atoms with van der Waals surface area (Å²) >= 11 is 5.15. The van der Waals surface area contributed by atoms with E-state index in [-0.39, 0.29) is 10.6 Å². The van der Waals surface area contributed by atoms with Crippen molar-refractivity contribution in [2.75, 3.05) is 11.4 Å². The number of nitro groups is 1. The molecule has 2 heterocycles. The fourth-order valence-corrected chi connectivity index (χ4v) is 3.86. The summed E-state index contributed by atoms with van der Waals surface area (Å²) in [6.45, 7) is 1.85. The monoisotopic (exact) mass is 352 g/mol. The average Bonchev–Trinajstić information content (AvgIpc) is 2.93. The van der Waals surface area contributed by atoms with Gasteiger partial charge in [-0.1, -0.05) is 15.9 Å². The third-order valence-electron chi connectivity index (χ3n) is 3.58. The Morgan fingerprint density at radius 1 is 1.40 bits per heavy atom. The fourth-order valence-electron chi connectivity index (χ4n) is 2.52.